The maximum atomic E-state index is 12.6. The maximum Gasteiger partial charge on any atom is 0.229 e. The SMILES string of the molecule is Cc1cccc(C)c1N1CC(C(=O)Nc2cc(Cl)ccc2Cl)CC1=O. The summed E-state index contributed by atoms with van der Waals surface area (Å²) in [6.45, 7) is 4.29. The molecule has 130 valence electrons. The number of aryl methyl sites for hydroxylation is 2. The van der Waals surface area contributed by atoms with Crippen LogP contribution in [0.15, 0.2) is 36.4 Å². The Hall–Kier alpha value is -2.04. The number of amides is 2. The first-order chi connectivity index (χ1) is 11.9. The van der Waals surface area contributed by atoms with Crippen molar-refractivity contribution >= 4 is 46.4 Å². The minimum Gasteiger partial charge on any atom is -0.324 e. The van der Waals surface area contributed by atoms with Crippen LogP contribution in [0.4, 0.5) is 11.4 Å². The van der Waals surface area contributed by atoms with Crippen molar-refractivity contribution in [3.05, 3.63) is 57.6 Å². The molecule has 6 heteroatoms. The Kier molecular flexibility index (Phi) is 5.02. The molecule has 1 aliphatic rings. The standard InChI is InChI=1S/C19H18Cl2N2O2/c1-11-4-3-5-12(2)18(11)23-10-13(8-17(23)24)19(25)22-16-9-14(20)6-7-15(16)21/h3-7,9,13H,8,10H2,1-2H3,(H,22,25). The maximum absolute atomic E-state index is 12.6. The normalized spacial score (nSPS) is 17.0. The molecule has 3 rings (SSSR count). The van der Waals surface area contributed by atoms with Crippen molar-refractivity contribution < 1.29 is 9.59 Å². The molecule has 1 heterocycles. The third-order valence-electron chi connectivity index (χ3n) is 4.39. The molecule has 1 fully saturated rings. The van der Waals surface area contributed by atoms with Crippen molar-refractivity contribution in [3.63, 3.8) is 0 Å². The number of halogens is 2. The zero-order valence-electron chi connectivity index (χ0n) is 14.0. The second-order valence-electron chi connectivity index (χ2n) is 6.26. The van der Waals surface area contributed by atoms with Gasteiger partial charge in [-0.1, -0.05) is 41.4 Å². The van der Waals surface area contributed by atoms with E-state index in [2.05, 4.69) is 5.32 Å². The number of nitrogens with zero attached hydrogens (tertiary/aromatic N) is 1. The minimum absolute atomic E-state index is 0.0465. The van der Waals surface area contributed by atoms with E-state index in [4.69, 9.17) is 23.2 Å². The van der Waals surface area contributed by atoms with E-state index in [1.807, 2.05) is 32.0 Å². The lowest BCUT2D eigenvalue weighted by molar-refractivity contribution is -0.122. The van der Waals surface area contributed by atoms with Crippen LogP contribution < -0.4 is 10.2 Å². The van der Waals surface area contributed by atoms with Crippen LogP contribution in [-0.4, -0.2) is 18.4 Å². The van der Waals surface area contributed by atoms with Gasteiger partial charge in [0.15, 0.2) is 0 Å². The summed E-state index contributed by atoms with van der Waals surface area (Å²) in [7, 11) is 0. The predicted octanol–water partition coefficient (Wildman–Crippen LogP) is 4.60. The summed E-state index contributed by atoms with van der Waals surface area (Å²) in [6, 6.07) is 10.8. The first-order valence-corrected chi connectivity index (χ1v) is 8.75. The lowest BCUT2D eigenvalue weighted by Crippen LogP contribution is -2.29. The first-order valence-electron chi connectivity index (χ1n) is 7.99. The van der Waals surface area contributed by atoms with Gasteiger partial charge in [0, 0.05) is 23.7 Å². The summed E-state index contributed by atoms with van der Waals surface area (Å²) in [5.74, 6) is -0.706. The van der Waals surface area contributed by atoms with Crippen molar-refractivity contribution in [1.82, 2.24) is 0 Å². The highest BCUT2D eigenvalue weighted by Gasteiger charge is 2.36. The fourth-order valence-electron chi connectivity index (χ4n) is 3.16. The Labute approximate surface area is 156 Å². The second-order valence-corrected chi connectivity index (χ2v) is 7.10. The largest absolute Gasteiger partial charge is 0.324 e. The van der Waals surface area contributed by atoms with Crippen molar-refractivity contribution in [3.8, 4) is 0 Å². The van der Waals surface area contributed by atoms with E-state index in [1.165, 1.54) is 0 Å². The Morgan fingerprint density at radius 3 is 2.52 bits per heavy atom. The van der Waals surface area contributed by atoms with Gasteiger partial charge in [-0.2, -0.15) is 0 Å². The highest BCUT2D eigenvalue weighted by Crippen LogP contribution is 2.32. The Balaban J connectivity index is 1.78. The number of carbonyl (C=O) groups is 2. The average molecular weight is 377 g/mol. The van der Waals surface area contributed by atoms with E-state index in [9.17, 15) is 9.59 Å². The van der Waals surface area contributed by atoms with Gasteiger partial charge in [-0.25, -0.2) is 0 Å². The number of carbonyl (C=O) groups excluding carboxylic acids is 2. The third-order valence-corrected chi connectivity index (χ3v) is 4.96. The molecule has 0 spiro atoms. The monoisotopic (exact) mass is 376 g/mol. The van der Waals surface area contributed by atoms with Gasteiger partial charge in [0.2, 0.25) is 11.8 Å². The van der Waals surface area contributed by atoms with E-state index in [-0.39, 0.29) is 18.2 Å². The van der Waals surface area contributed by atoms with Crippen LogP contribution in [0, 0.1) is 19.8 Å². The topological polar surface area (TPSA) is 49.4 Å². The average Bonchev–Trinajstić information content (AvgIpc) is 2.93. The number of nitrogens with one attached hydrogen (secondary N) is 1. The van der Waals surface area contributed by atoms with Gasteiger partial charge in [-0.3, -0.25) is 9.59 Å². The second kappa shape index (κ2) is 7.06. The number of benzene rings is 2. The highest BCUT2D eigenvalue weighted by molar-refractivity contribution is 6.35. The van der Waals surface area contributed by atoms with Crippen molar-refractivity contribution in [2.45, 2.75) is 20.3 Å². The number of hydrogen-bond donors (Lipinski definition) is 1. The van der Waals surface area contributed by atoms with Gasteiger partial charge in [0.1, 0.15) is 0 Å². The molecule has 0 saturated carbocycles. The fraction of sp³-hybridized carbons (Fsp3) is 0.263. The van der Waals surface area contributed by atoms with Gasteiger partial charge in [-0.15, -0.1) is 0 Å². The summed E-state index contributed by atoms with van der Waals surface area (Å²) in [5, 5.41) is 3.68. The van der Waals surface area contributed by atoms with E-state index >= 15 is 0 Å². The van der Waals surface area contributed by atoms with Gasteiger partial charge >= 0.3 is 0 Å². The summed E-state index contributed by atoms with van der Waals surface area (Å²) in [4.78, 5) is 26.7. The van der Waals surface area contributed by atoms with Crippen molar-refractivity contribution in [2.75, 3.05) is 16.8 Å². The number of rotatable bonds is 3. The molecule has 25 heavy (non-hydrogen) atoms. The van der Waals surface area contributed by atoms with E-state index in [1.54, 1.807) is 23.1 Å². The molecule has 2 amide bonds. The van der Waals surface area contributed by atoms with E-state index < -0.39 is 5.92 Å². The minimum atomic E-state index is -0.429. The number of hydrogen-bond acceptors (Lipinski definition) is 2. The van der Waals surface area contributed by atoms with Crippen LogP contribution in [0.5, 0.6) is 0 Å². The zero-order valence-corrected chi connectivity index (χ0v) is 15.5. The van der Waals surface area contributed by atoms with E-state index in [0.717, 1.165) is 16.8 Å². The van der Waals surface area contributed by atoms with Gasteiger partial charge in [0.25, 0.3) is 0 Å². The Morgan fingerprint density at radius 1 is 1.16 bits per heavy atom. The molecular formula is C19H18Cl2N2O2. The molecule has 1 aliphatic heterocycles. The van der Waals surface area contributed by atoms with Gasteiger partial charge in [-0.05, 0) is 43.2 Å². The molecule has 1 atom stereocenters. The highest BCUT2D eigenvalue weighted by atomic mass is 35.5. The smallest absolute Gasteiger partial charge is 0.229 e. The summed E-state index contributed by atoms with van der Waals surface area (Å²) >= 11 is 12.0. The third kappa shape index (κ3) is 3.65. The predicted molar refractivity (Wildman–Crippen MR) is 101 cm³/mol. The van der Waals surface area contributed by atoms with Crippen LogP contribution in [-0.2, 0) is 9.59 Å². The van der Waals surface area contributed by atoms with Crippen LogP contribution in [0.2, 0.25) is 10.0 Å². The van der Waals surface area contributed by atoms with Crippen LogP contribution in [0.25, 0.3) is 0 Å². The lowest BCUT2D eigenvalue weighted by atomic mass is 10.1. The number of anilines is 2. The van der Waals surface area contributed by atoms with Crippen LogP contribution in [0.3, 0.4) is 0 Å². The summed E-state index contributed by atoms with van der Waals surface area (Å²) < 4.78 is 0. The van der Waals surface area contributed by atoms with Crippen molar-refractivity contribution in [1.29, 1.82) is 0 Å². The number of para-hydroxylation sites is 1. The molecule has 1 unspecified atom stereocenters. The zero-order chi connectivity index (χ0) is 18.1. The quantitative estimate of drug-likeness (QED) is 0.850. The molecule has 0 aromatic heterocycles. The van der Waals surface area contributed by atoms with E-state index in [0.29, 0.717) is 22.3 Å². The Morgan fingerprint density at radius 2 is 1.84 bits per heavy atom. The molecular weight excluding hydrogens is 359 g/mol. The fourth-order valence-corrected chi connectivity index (χ4v) is 3.50. The molecule has 2 aromatic carbocycles. The lowest BCUT2D eigenvalue weighted by Gasteiger charge is -2.21. The molecule has 1 saturated heterocycles. The summed E-state index contributed by atoms with van der Waals surface area (Å²) in [5.41, 5.74) is 3.39. The molecule has 0 radical (unpaired) electrons. The molecule has 1 N–H and O–H groups in total. The molecule has 2 aromatic rings. The van der Waals surface area contributed by atoms with Crippen molar-refractivity contribution in [2.24, 2.45) is 5.92 Å². The van der Waals surface area contributed by atoms with Crippen LogP contribution >= 0.6 is 23.2 Å². The molecule has 4 nitrogen and oxygen atoms in total. The first kappa shape index (κ1) is 17.8. The summed E-state index contributed by atoms with van der Waals surface area (Å²) in [6.07, 6.45) is 0.178. The Bertz CT molecular complexity index is 831. The van der Waals surface area contributed by atoms with Crippen LogP contribution in [0.1, 0.15) is 17.5 Å². The molecule has 0 aliphatic carbocycles. The van der Waals surface area contributed by atoms with Gasteiger partial charge < -0.3 is 10.2 Å². The van der Waals surface area contributed by atoms with Gasteiger partial charge in [0.05, 0.1) is 16.6 Å². The molecule has 0 bridgehead atoms.